The molecule has 2 saturated heterocycles. The molecular formula is C35H42N4O2SSi. The van der Waals surface area contributed by atoms with Gasteiger partial charge in [0.15, 0.2) is 0 Å². The van der Waals surface area contributed by atoms with E-state index in [2.05, 4.69) is 59.4 Å². The summed E-state index contributed by atoms with van der Waals surface area (Å²) in [5.41, 5.74) is 4.80. The minimum atomic E-state index is -0.393. The molecule has 3 fully saturated rings. The van der Waals surface area contributed by atoms with Crippen LogP contribution in [0, 0.1) is 6.92 Å². The summed E-state index contributed by atoms with van der Waals surface area (Å²) in [5.74, 6) is 0.751. The lowest BCUT2D eigenvalue weighted by atomic mass is 9.95. The number of nitrogens with zero attached hydrogens (tertiary/aromatic N) is 3. The number of hydrogen-bond acceptors (Lipinski definition) is 6. The lowest BCUT2D eigenvalue weighted by molar-refractivity contribution is 0.0562. The van der Waals surface area contributed by atoms with Gasteiger partial charge in [0.2, 0.25) is 0 Å². The Morgan fingerprint density at radius 2 is 1.93 bits per heavy atom. The highest BCUT2D eigenvalue weighted by Gasteiger charge is 2.47. The molecule has 0 spiro atoms. The lowest BCUT2D eigenvalue weighted by Gasteiger charge is -2.41. The molecule has 224 valence electrons. The van der Waals surface area contributed by atoms with E-state index in [4.69, 9.17) is 9.72 Å². The van der Waals surface area contributed by atoms with Crippen LogP contribution in [0.2, 0.25) is 0 Å². The molecule has 1 saturated carbocycles. The summed E-state index contributed by atoms with van der Waals surface area (Å²) in [6.07, 6.45) is 7.47. The van der Waals surface area contributed by atoms with Gasteiger partial charge < -0.3 is 15.0 Å². The van der Waals surface area contributed by atoms with Crippen molar-refractivity contribution in [2.24, 2.45) is 0 Å². The zero-order chi connectivity index (χ0) is 29.7. The van der Waals surface area contributed by atoms with Gasteiger partial charge in [-0.05, 0) is 132 Å². The Morgan fingerprint density at radius 1 is 1.12 bits per heavy atom. The number of hydrogen-bond donors (Lipinski definition) is 1. The quantitative estimate of drug-likeness (QED) is 0.249. The predicted molar refractivity (Wildman–Crippen MR) is 179 cm³/mol. The van der Waals surface area contributed by atoms with Gasteiger partial charge in [-0.3, -0.25) is 14.7 Å². The van der Waals surface area contributed by atoms with Crippen LogP contribution < -0.4 is 10.1 Å². The Bertz CT molecular complexity index is 1660. The molecule has 0 bridgehead atoms. The maximum atomic E-state index is 13.9. The van der Waals surface area contributed by atoms with Gasteiger partial charge in [-0.1, -0.05) is 12.1 Å². The summed E-state index contributed by atoms with van der Waals surface area (Å²) in [7, 11) is 3.10. The molecule has 3 atom stereocenters. The largest absolute Gasteiger partial charge is 0.494 e. The van der Waals surface area contributed by atoms with Gasteiger partial charge in [-0.25, -0.2) is 0 Å². The number of benzene rings is 2. The second-order valence-corrected chi connectivity index (χ2v) is 15.1. The van der Waals surface area contributed by atoms with Crippen LogP contribution in [0.3, 0.4) is 0 Å². The Balaban J connectivity index is 1.16. The molecule has 1 N–H and O–H groups in total. The molecule has 7 rings (SSSR count). The predicted octanol–water partition coefficient (Wildman–Crippen LogP) is 5.62. The molecule has 0 radical (unpaired) electrons. The first kappa shape index (κ1) is 28.7. The van der Waals surface area contributed by atoms with Gasteiger partial charge in [0.05, 0.1) is 27.0 Å². The molecule has 6 nitrogen and oxygen atoms in total. The number of carbonyl (C=O) groups excluding carboxylic acids is 1. The number of rotatable bonds is 9. The number of ether oxygens (including phenoxy) is 1. The molecule has 1 amide bonds. The fraction of sp³-hybridized carbons (Fsp3) is 0.429. The highest BCUT2D eigenvalue weighted by atomic mass is 32.1. The molecule has 3 aliphatic rings. The maximum Gasteiger partial charge on any atom is 0.252 e. The van der Waals surface area contributed by atoms with Gasteiger partial charge in [-0.15, -0.1) is 11.3 Å². The van der Waals surface area contributed by atoms with Crippen LogP contribution in [0.15, 0.2) is 60.8 Å². The van der Waals surface area contributed by atoms with Crippen molar-refractivity contribution in [3.05, 3.63) is 82.4 Å². The van der Waals surface area contributed by atoms with Crippen molar-refractivity contribution in [1.29, 1.82) is 0 Å². The van der Waals surface area contributed by atoms with Gasteiger partial charge in [0, 0.05) is 39.0 Å². The number of nitrogens with one attached hydrogen (secondary N) is 1. The third-order valence-electron chi connectivity index (χ3n) is 10.0. The van der Waals surface area contributed by atoms with Crippen molar-refractivity contribution >= 4 is 38.4 Å². The van der Waals surface area contributed by atoms with Gasteiger partial charge in [0.25, 0.3) is 5.91 Å². The minimum Gasteiger partial charge on any atom is -0.494 e. The van der Waals surface area contributed by atoms with Crippen LogP contribution in [-0.2, 0) is 5.54 Å². The number of likely N-dealkylation sites (N-methyl/N-ethyl adjacent to an activating group) is 1. The molecular weight excluding hydrogens is 569 g/mol. The van der Waals surface area contributed by atoms with Gasteiger partial charge >= 0.3 is 0 Å². The summed E-state index contributed by atoms with van der Waals surface area (Å²) in [6, 6.07) is 20.1. The molecule has 1 aliphatic carbocycles. The molecule has 2 aromatic carbocycles. The highest BCUT2D eigenvalue weighted by molar-refractivity contribution is 7.15. The van der Waals surface area contributed by atoms with E-state index in [-0.39, 0.29) is 11.6 Å². The Morgan fingerprint density at radius 3 is 2.65 bits per heavy atom. The molecule has 4 aromatic rings. The van der Waals surface area contributed by atoms with E-state index in [9.17, 15) is 4.79 Å². The Labute approximate surface area is 261 Å². The van der Waals surface area contributed by atoms with Crippen LogP contribution in [0.25, 0.3) is 21.3 Å². The standard InChI is InChI=1S/C35H42N4O2SSi/c1-22-8-9-25(41-34(43)30-12-18-38(30)3)21-27(22)33(40)37-35(13-14-35)28-19-24(20-29-26(28)7-6-15-36-29)32-11-10-31(42-32)23(2)39-16-4-5-17-39/h6-11,15,19-21,23,30,34H,4-5,12-14,16-18H2,1-3,43H3,(H,37,40)/t23?,30-,34-/m0/s1. The summed E-state index contributed by atoms with van der Waals surface area (Å²) < 4.78 is 6.37. The average Bonchev–Trinajstić information content (AvgIpc) is 3.37. The average molecular weight is 611 g/mol. The van der Waals surface area contributed by atoms with Gasteiger partial charge in [0.1, 0.15) is 5.75 Å². The normalized spacial score (nSPS) is 21.4. The number of pyridine rings is 1. The van der Waals surface area contributed by atoms with Crippen LogP contribution in [-0.4, -0.2) is 69.4 Å². The highest BCUT2D eigenvalue weighted by Crippen LogP contribution is 2.49. The summed E-state index contributed by atoms with van der Waals surface area (Å²) in [5, 5.41) is 4.59. The maximum absolute atomic E-state index is 13.9. The summed E-state index contributed by atoms with van der Waals surface area (Å²) in [6.45, 7) is 7.85. The van der Waals surface area contributed by atoms with E-state index in [0.29, 0.717) is 17.6 Å². The van der Waals surface area contributed by atoms with Crippen molar-refractivity contribution in [2.45, 2.75) is 69.3 Å². The molecule has 2 aliphatic heterocycles. The molecule has 8 heteroatoms. The van der Waals surface area contributed by atoms with Gasteiger partial charge in [-0.2, -0.15) is 0 Å². The van der Waals surface area contributed by atoms with E-state index < -0.39 is 5.54 Å². The zero-order valence-corrected chi connectivity index (χ0v) is 28.5. The number of amides is 1. The Kier molecular flexibility index (Phi) is 7.66. The third kappa shape index (κ3) is 5.55. The van der Waals surface area contributed by atoms with E-state index in [0.717, 1.165) is 51.8 Å². The topological polar surface area (TPSA) is 57.7 Å². The fourth-order valence-electron chi connectivity index (χ4n) is 6.98. The Hall–Kier alpha value is -3.04. The number of likely N-dealkylation sites (tertiary alicyclic amines) is 2. The first-order valence-corrected chi connectivity index (χ1v) is 17.8. The van der Waals surface area contributed by atoms with Crippen molar-refractivity contribution in [1.82, 2.24) is 20.1 Å². The molecule has 2 aromatic heterocycles. The first-order chi connectivity index (χ1) is 20.8. The summed E-state index contributed by atoms with van der Waals surface area (Å²) in [4.78, 5) is 26.3. The fourth-order valence-corrected chi connectivity index (χ4v) is 9.17. The summed E-state index contributed by atoms with van der Waals surface area (Å²) >= 11 is 1.89. The van der Waals surface area contributed by atoms with Crippen molar-refractivity contribution in [3.63, 3.8) is 0 Å². The number of aryl methyl sites for hydroxylation is 1. The SMILES string of the molecule is Cc1ccc(O[C@@H]([SiH3])[C@@H]2CCN2C)cc1C(=O)NC1(c2cc(-c3ccc(C(C)N4CCCC4)s3)cc3ncccc23)CC1. The molecule has 4 heterocycles. The van der Waals surface area contributed by atoms with Crippen LogP contribution in [0.1, 0.15) is 71.4 Å². The van der Waals surface area contributed by atoms with E-state index in [1.54, 1.807) is 0 Å². The van der Waals surface area contributed by atoms with E-state index in [1.807, 2.05) is 48.7 Å². The number of fused-ring (bicyclic) bond motifs is 1. The lowest BCUT2D eigenvalue weighted by Crippen LogP contribution is -2.53. The smallest absolute Gasteiger partial charge is 0.252 e. The number of aromatic nitrogens is 1. The molecule has 1 unspecified atom stereocenters. The zero-order valence-electron chi connectivity index (χ0n) is 25.7. The van der Waals surface area contributed by atoms with Crippen molar-refractivity contribution in [2.75, 3.05) is 26.7 Å². The third-order valence-corrected chi connectivity index (χ3v) is 12.3. The van der Waals surface area contributed by atoms with Crippen molar-refractivity contribution in [3.8, 4) is 16.2 Å². The van der Waals surface area contributed by atoms with Crippen LogP contribution >= 0.6 is 11.3 Å². The van der Waals surface area contributed by atoms with Crippen LogP contribution in [0.4, 0.5) is 0 Å². The van der Waals surface area contributed by atoms with Crippen molar-refractivity contribution < 1.29 is 9.53 Å². The minimum absolute atomic E-state index is 0.0357. The number of carbonyl (C=O) groups is 1. The second-order valence-electron chi connectivity index (χ2n) is 12.9. The van der Waals surface area contributed by atoms with E-state index in [1.165, 1.54) is 53.2 Å². The second kappa shape index (κ2) is 11.5. The monoisotopic (exact) mass is 610 g/mol. The molecule has 43 heavy (non-hydrogen) atoms. The number of thiophene rings is 1. The van der Waals surface area contributed by atoms with E-state index >= 15 is 0 Å². The first-order valence-electron chi connectivity index (χ1n) is 15.8. The van der Waals surface area contributed by atoms with Crippen LogP contribution in [0.5, 0.6) is 5.75 Å².